The molecule has 0 aromatic carbocycles. The average Bonchev–Trinajstić information content (AvgIpc) is 2.62. The molecule has 0 fully saturated rings. The summed E-state index contributed by atoms with van der Waals surface area (Å²) in [6.07, 6.45) is 1.14. The van der Waals surface area contributed by atoms with E-state index in [0.717, 1.165) is 6.26 Å². The molecule has 1 rings (SSSR count). The summed E-state index contributed by atoms with van der Waals surface area (Å²) in [6, 6.07) is -0.0852. The molecule has 0 saturated heterocycles. The minimum atomic E-state index is -3.19. The second-order valence-electron chi connectivity index (χ2n) is 3.46. The van der Waals surface area contributed by atoms with Gasteiger partial charge in [0.05, 0.1) is 6.04 Å². The molecule has 0 aliphatic rings. The Morgan fingerprint density at radius 1 is 1.27 bits per heavy atom. The lowest BCUT2D eigenvalue weighted by Crippen LogP contribution is -2.12. The van der Waals surface area contributed by atoms with Crippen LogP contribution in [0.15, 0.2) is 4.42 Å². The van der Waals surface area contributed by atoms with Crippen molar-refractivity contribution in [3.05, 3.63) is 11.8 Å². The van der Waals surface area contributed by atoms with Crippen molar-refractivity contribution >= 4 is 9.84 Å². The first-order valence-electron chi connectivity index (χ1n) is 4.55. The van der Waals surface area contributed by atoms with Gasteiger partial charge in [0.2, 0.25) is 11.8 Å². The van der Waals surface area contributed by atoms with Crippen molar-refractivity contribution in [1.29, 1.82) is 0 Å². The van der Waals surface area contributed by atoms with E-state index in [1.54, 1.807) is 7.05 Å². The van der Waals surface area contributed by atoms with E-state index in [1.165, 1.54) is 6.92 Å². The van der Waals surface area contributed by atoms with Gasteiger partial charge in [0.25, 0.3) is 0 Å². The molecule has 6 nitrogen and oxygen atoms in total. The third-order valence-electron chi connectivity index (χ3n) is 2.25. The van der Waals surface area contributed by atoms with Crippen LogP contribution in [0.25, 0.3) is 0 Å². The molecule has 1 N–H and O–H groups in total. The first kappa shape index (κ1) is 12.1. The van der Waals surface area contributed by atoms with Crippen LogP contribution in [0, 0.1) is 0 Å². The predicted molar refractivity (Wildman–Crippen MR) is 55.0 cm³/mol. The molecule has 15 heavy (non-hydrogen) atoms. The molecule has 86 valence electrons. The highest BCUT2D eigenvalue weighted by Crippen LogP contribution is 2.21. The average molecular weight is 233 g/mol. The molecule has 0 bridgehead atoms. The van der Waals surface area contributed by atoms with Gasteiger partial charge in [0, 0.05) is 6.26 Å². The Morgan fingerprint density at radius 2 is 1.80 bits per heavy atom. The largest absolute Gasteiger partial charge is 0.422 e. The van der Waals surface area contributed by atoms with E-state index >= 15 is 0 Å². The van der Waals surface area contributed by atoms with E-state index in [-0.39, 0.29) is 11.9 Å². The van der Waals surface area contributed by atoms with Crippen LogP contribution in [0.2, 0.25) is 0 Å². The number of rotatable bonds is 4. The van der Waals surface area contributed by atoms with Gasteiger partial charge in [-0.15, -0.1) is 10.2 Å². The third kappa shape index (κ3) is 2.75. The highest BCUT2D eigenvalue weighted by atomic mass is 32.2. The van der Waals surface area contributed by atoms with Gasteiger partial charge < -0.3 is 9.73 Å². The summed E-state index contributed by atoms with van der Waals surface area (Å²) in [5, 5.41) is 9.66. The zero-order valence-electron chi connectivity index (χ0n) is 9.18. The summed E-state index contributed by atoms with van der Waals surface area (Å²) < 4.78 is 27.7. The Kier molecular flexibility index (Phi) is 3.46. The smallest absolute Gasteiger partial charge is 0.234 e. The number of sulfone groups is 1. The molecule has 0 spiro atoms. The molecule has 1 heterocycles. The zero-order chi connectivity index (χ0) is 11.6. The summed E-state index contributed by atoms with van der Waals surface area (Å²) in [4.78, 5) is 0. The van der Waals surface area contributed by atoms with E-state index in [1.807, 2.05) is 6.92 Å². The van der Waals surface area contributed by atoms with Gasteiger partial charge in [-0.2, -0.15) is 0 Å². The van der Waals surface area contributed by atoms with E-state index in [0.29, 0.717) is 5.89 Å². The topological polar surface area (TPSA) is 85.1 Å². The van der Waals surface area contributed by atoms with Gasteiger partial charge in [-0.1, -0.05) is 0 Å². The van der Waals surface area contributed by atoms with E-state index in [2.05, 4.69) is 15.5 Å². The van der Waals surface area contributed by atoms with Gasteiger partial charge in [-0.05, 0) is 20.9 Å². The molecule has 2 unspecified atom stereocenters. The molecular formula is C8H15N3O3S. The number of aromatic nitrogens is 2. The summed E-state index contributed by atoms with van der Waals surface area (Å²) in [6.45, 7) is 3.37. The Hall–Kier alpha value is -0.950. The highest BCUT2D eigenvalue weighted by Gasteiger charge is 2.24. The molecule has 1 aromatic rings. The van der Waals surface area contributed by atoms with Crippen molar-refractivity contribution in [1.82, 2.24) is 15.5 Å². The second-order valence-corrected chi connectivity index (χ2v) is 5.83. The normalized spacial score (nSPS) is 16.3. The maximum absolute atomic E-state index is 11.2. The first-order valence-corrected chi connectivity index (χ1v) is 6.51. The molecule has 2 atom stereocenters. The lowest BCUT2D eigenvalue weighted by Gasteiger charge is -2.04. The molecular weight excluding hydrogens is 218 g/mol. The lowest BCUT2D eigenvalue weighted by atomic mass is 10.3. The van der Waals surface area contributed by atoms with Crippen LogP contribution in [0.3, 0.4) is 0 Å². The summed E-state index contributed by atoms with van der Waals surface area (Å²) in [5.41, 5.74) is 0. The van der Waals surface area contributed by atoms with Crippen LogP contribution < -0.4 is 5.32 Å². The van der Waals surface area contributed by atoms with Crippen LogP contribution in [0.1, 0.15) is 36.9 Å². The van der Waals surface area contributed by atoms with Crippen molar-refractivity contribution in [2.24, 2.45) is 0 Å². The maximum atomic E-state index is 11.2. The van der Waals surface area contributed by atoms with Crippen LogP contribution >= 0.6 is 0 Å². The quantitative estimate of drug-likeness (QED) is 0.813. The molecule has 1 aromatic heterocycles. The molecule has 0 saturated carbocycles. The molecule has 0 aliphatic carbocycles. The Bertz CT molecular complexity index is 426. The monoisotopic (exact) mass is 233 g/mol. The van der Waals surface area contributed by atoms with Gasteiger partial charge in [0.1, 0.15) is 5.25 Å². The maximum Gasteiger partial charge on any atom is 0.234 e. The fourth-order valence-electron chi connectivity index (χ4n) is 0.892. The minimum Gasteiger partial charge on any atom is -0.422 e. The Balaban J connectivity index is 2.94. The van der Waals surface area contributed by atoms with Crippen molar-refractivity contribution in [3.63, 3.8) is 0 Å². The Morgan fingerprint density at radius 3 is 2.27 bits per heavy atom. The lowest BCUT2D eigenvalue weighted by molar-refractivity contribution is 0.403. The number of hydrogen-bond acceptors (Lipinski definition) is 6. The van der Waals surface area contributed by atoms with Gasteiger partial charge in [0.15, 0.2) is 9.84 Å². The van der Waals surface area contributed by atoms with Gasteiger partial charge in [-0.25, -0.2) is 8.42 Å². The predicted octanol–water partition coefficient (Wildman–Crippen LogP) is 0.456. The first-order chi connectivity index (χ1) is 6.86. The van der Waals surface area contributed by atoms with Crippen molar-refractivity contribution in [3.8, 4) is 0 Å². The SMILES string of the molecule is CNC(C)c1nnc(C(C)S(C)(=O)=O)o1. The van der Waals surface area contributed by atoms with E-state index in [9.17, 15) is 8.42 Å². The number of nitrogens with zero attached hydrogens (tertiary/aromatic N) is 2. The summed E-state index contributed by atoms with van der Waals surface area (Å²) >= 11 is 0. The van der Waals surface area contributed by atoms with Crippen LogP contribution in [-0.2, 0) is 9.84 Å². The number of nitrogens with one attached hydrogen (secondary N) is 1. The fourth-order valence-corrected chi connectivity index (χ4v) is 1.35. The third-order valence-corrected chi connectivity index (χ3v) is 3.74. The van der Waals surface area contributed by atoms with Crippen molar-refractivity contribution in [2.45, 2.75) is 25.1 Å². The van der Waals surface area contributed by atoms with Crippen molar-refractivity contribution < 1.29 is 12.8 Å². The van der Waals surface area contributed by atoms with Gasteiger partial charge in [-0.3, -0.25) is 0 Å². The minimum absolute atomic E-state index is 0.0852. The highest BCUT2D eigenvalue weighted by molar-refractivity contribution is 7.90. The molecule has 0 aliphatic heterocycles. The number of hydrogen-bond donors (Lipinski definition) is 1. The standard InChI is InChI=1S/C8H15N3O3S/c1-5(9-3)7-10-11-8(14-7)6(2)15(4,12)13/h5-6,9H,1-4H3. The summed E-state index contributed by atoms with van der Waals surface area (Å²) in [5.74, 6) is 0.526. The molecule has 0 radical (unpaired) electrons. The second kappa shape index (κ2) is 4.28. The molecule has 7 heteroatoms. The molecule has 0 amide bonds. The van der Waals surface area contributed by atoms with Crippen LogP contribution in [0.5, 0.6) is 0 Å². The van der Waals surface area contributed by atoms with Crippen LogP contribution in [0.4, 0.5) is 0 Å². The summed E-state index contributed by atoms with van der Waals surface area (Å²) in [7, 11) is -1.43. The zero-order valence-corrected chi connectivity index (χ0v) is 10.00. The Labute approximate surface area is 89.0 Å². The van der Waals surface area contributed by atoms with E-state index < -0.39 is 15.1 Å². The fraction of sp³-hybridized carbons (Fsp3) is 0.750. The van der Waals surface area contributed by atoms with E-state index in [4.69, 9.17) is 4.42 Å². The van der Waals surface area contributed by atoms with Crippen LogP contribution in [-0.4, -0.2) is 31.9 Å². The van der Waals surface area contributed by atoms with Gasteiger partial charge >= 0.3 is 0 Å². The van der Waals surface area contributed by atoms with Crippen molar-refractivity contribution in [2.75, 3.05) is 13.3 Å².